The number of nitrogens with two attached hydrogens (primary N) is 2. The first-order valence-electron chi connectivity index (χ1n) is 11.0. The number of rotatable bonds is 3. The molecule has 5 rings (SSSR count). The molecule has 1 aliphatic heterocycles. The number of carbonyl (C=O) groups is 1. The van der Waals surface area contributed by atoms with E-state index in [0.717, 1.165) is 33.6 Å². The molecule has 2 atom stereocenters. The first kappa shape index (κ1) is 22.0. The van der Waals surface area contributed by atoms with Gasteiger partial charge in [-0.15, -0.1) is 11.3 Å². The summed E-state index contributed by atoms with van der Waals surface area (Å²) in [5.41, 5.74) is 15.2. The lowest BCUT2D eigenvalue weighted by Gasteiger charge is -2.37. The lowest BCUT2D eigenvalue weighted by atomic mass is 9.91. The fourth-order valence-electron chi connectivity index (χ4n) is 4.55. The molecule has 1 saturated heterocycles. The highest BCUT2D eigenvalue weighted by Gasteiger charge is 2.42. The molecule has 33 heavy (non-hydrogen) atoms. The van der Waals surface area contributed by atoms with Gasteiger partial charge in [0.15, 0.2) is 0 Å². The van der Waals surface area contributed by atoms with Crippen molar-refractivity contribution in [3.63, 3.8) is 0 Å². The van der Waals surface area contributed by atoms with Gasteiger partial charge in [-0.1, -0.05) is 6.07 Å². The van der Waals surface area contributed by atoms with E-state index in [0.29, 0.717) is 29.2 Å². The highest BCUT2D eigenvalue weighted by molar-refractivity contribution is 7.21. The average Bonchev–Trinajstić information content (AvgIpc) is 3.11. The molecule has 3 aromatic rings. The zero-order chi connectivity index (χ0) is 23.3. The molecule has 2 aliphatic rings. The Morgan fingerprint density at radius 1 is 1.27 bits per heavy atom. The largest absolute Gasteiger partial charge is 0.397 e. The van der Waals surface area contributed by atoms with Crippen molar-refractivity contribution in [1.82, 2.24) is 15.3 Å². The average molecular weight is 473 g/mol. The van der Waals surface area contributed by atoms with E-state index in [-0.39, 0.29) is 31.5 Å². The summed E-state index contributed by atoms with van der Waals surface area (Å²) < 4.78 is 27.4. The summed E-state index contributed by atoms with van der Waals surface area (Å²) in [5, 5.41) is 3.91. The fourth-order valence-corrected chi connectivity index (χ4v) is 5.59. The van der Waals surface area contributed by atoms with Crippen molar-refractivity contribution in [3.8, 4) is 0 Å². The number of piperidine rings is 1. The lowest BCUT2D eigenvalue weighted by molar-refractivity contribution is -0.0394. The molecule has 174 valence electrons. The first-order chi connectivity index (χ1) is 15.7. The summed E-state index contributed by atoms with van der Waals surface area (Å²) in [6, 6.07) is 6.40. The summed E-state index contributed by atoms with van der Waals surface area (Å²) in [5.74, 6) is -2.33. The number of aryl methyl sites for hydroxylation is 2. The van der Waals surface area contributed by atoms with Gasteiger partial charge in [0.25, 0.3) is 11.8 Å². The molecular formula is C23H26F2N6OS. The van der Waals surface area contributed by atoms with Gasteiger partial charge in [0.05, 0.1) is 11.7 Å². The van der Waals surface area contributed by atoms with E-state index in [9.17, 15) is 13.6 Å². The van der Waals surface area contributed by atoms with Crippen LogP contribution in [0.15, 0.2) is 24.3 Å². The van der Waals surface area contributed by atoms with Crippen LogP contribution in [0.4, 0.5) is 20.3 Å². The van der Waals surface area contributed by atoms with Crippen molar-refractivity contribution in [2.24, 2.45) is 5.73 Å². The number of hydrogen-bond donors (Lipinski definition) is 3. The van der Waals surface area contributed by atoms with Crippen LogP contribution in [0.5, 0.6) is 0 Å². The van der Waals surface area contributed by atoms with Crippen molar-refractivity contribution in [2.45, 2.75) is 50.6 Å². The van der Waals surface area contributed by atoms with E-state index < -0.39 is 12.0 Å². The van der Waals surface area contributed by atoms with Crippen LogP contribution in [0.1, 0.15) is 39.5 Å². The Hall–Kier alpha value is -2.85. The van der Waals surface area contributed by atoms with Crippen LogP contribution in [0.25, 0.3) is 10.2 Å². The second kappa shape index (κ2) is 8.18. The molecule has 0 saturated carbocycles. The van der Waals surface area contributed by atoms with Gasteiger partial charge in [-0.2, -0.15) is 0 Å². The third kappa shape index (κ3) is 4.13. The van der Waals surface area contributed by atoms with Crippen LogP contribution in [0, 0.1) is 6.92 Å². The van der Waals surface area contributed by atoms with E-state index in [4.69, 9.17) is 16.5 Å². The van der Waals surface area contributed by atoms with Crippen molar-refractivity contribution >= 4 is 39.0 Å². The molecular weight excluding hydrogens is 446 g/mol. The highest BCUT2D eigenvalue weighted by atomic mass is 32.1. The maximum absolute atomic E-state index is 13.7. The summed E-state index contributed by atoms with van der Waals surface area (Å²) in [7, 11) is 0. The Bertz CT molecular complexity index is 1230. The quantitative estimate of drug-likeness (QED) is 0.541. The second-order valence-electron chi connectivity index (χ2n) is 8.90. The molecule has 0 aromatic carbocycles. The van der Waals surface area contributed by atoms with Crippen molar-refractivity contribution in [2.75, 3.05) is 23.7 Å². The number of nitrogens with zero attached hydrogens (tertiary/aromatic N) is 3. The van der Waals surface area contributed by atoms with Gasteiger partial charge in [0.2, 0.25) is 0 Å². The van der Waals surface area contributed by atoms with E-state index >= 15 is 0 Å². The number of aromatic nitrogens is 2. The van der Waals surface area contributed by atoms with Crippen LogP contribution in [0.2, 0.25) is 0 Å². The first-order valence-corrected chi connectivity index (χ1v) is 11.9. The van der Waals surface area contributed by atoms with Crippen LogP contribution >= 0.6 is 11.3 Å². The smallest absolute Gasteiger partial charge is 0.266 e. The number of hydrogen-bond acceptors (Lipinski definition) is 7. The van der Waals surface area contributed by atoms with Gasteiger partial charge in [0, 0.05) is 42.3 Å². The fraction of sp³-hybridized carbons (Fsp3) is 0.435. The van der Waals surface area contributed by atoms with Crippen molar-refractivity contribution in [3.05, 3.63) is 46.1 Å². The Balaban J connectivity index is 1.27. The number of pyridine rings is 2. The minimum atomic E-state index is -2.83. The monoisotopic (exact) mass is 472 g/mol. The van der Waals surface area contributed by atoms with Gasteiger partial charge < -0.3 is 21.7 Å². The summed E-state index contributed by atoms with van der Waals surface area (Å²) in [6.45, 7) is 2.22. The predicted molar refractivity (Wildman–Crippen MR) is 126 cm³/mol. The van der Waals surface area contributed by atoms with Gasteiger partial charge in [-0.25, -0.2) is 18.7 Å². The number of alkyl halides is 2. The lowest BCUT2D eigenvalue weighted by Crippen LogP contribution is -2.55. The Morgan fingerprint density at radius 2 is 2.09 bits per heavy atom. The molecule has 0 unspecified atom stereocenters. The summed E-state index contributed by atoms with van der Waals surface area (Å²) in [6.07, 6.45) is 1.84. The number of anilines is 2. The van der Waals surface area contributed by atoms with Gasteiger partial charge in [-0.3, -0.25) is 4.79 Å². The molecule has 7 nitrogen and oxygen atoms in total. The van der Waals surface area contributed by atoms with E-state index in [2.05, 4.69) is 10.3 Å². The molecule has 0 spiro atoms. The molecule has 0 bridgehead atoms. The van der Waals surface area contributed by atoms with E-state index in [1.54, 1.807) is 0 Å². The van der Waals surface area contributed by atoms with Crippen LogP contribution in [0.3, 0.4) is 0 Å². The van der Waals surface area contributed by atoms with Crippen molar-refractivity contribution in [1.29, 1.82) is 0 Å². The highest BCUT2D eigenvalue weighted by Crippen LogP contribution is 2.33. The Labute approximate surface area is 194 Å². The predicted octanol–water partition coefficient (Wildman–Crippen LogP) is 3.04. The summed E-state index contributed by atoms with van der Waals surface area (Å²) >= 11 is 1.31. The third-order valence-corrected chi connectivity index (χ3v) is 7.64. The van der Waals surface area contributed by atoms with Gasteiger partial charge >= 0.3 is 0 Å². The molecule has 1 aliphatic carbocycles. The molecule has 4 heterocycles. The SMILES string of the molecule is Cc1ccc2c(N)c(C(=O)N[C@H]3CCc4nc(N5CCC(F)(F)[C@@H](N)C5)ccc4C3)sc2n1. The zero-order valence-electron chi connectivity index (χ0n) is 18.3. The number of thiophene rings is 1. The maximum atomic E-state index is 13.7. The number of amides is 1. The third-order valence-electron chi connectivity index (χ3n) is 6.52. The van der Waals surface area contributed by atoms with Crippen molar-refractivity contribution < 1.29 is 13.6 Å². The number of fused-ring (bicyclic) bond motifs is 2. The molecule has 10 heteroatoms. The second-order valence-corrected chi connectivity index (χ2v) is 9.90. The maximum Gasteiger partial charge on any atom is 0.266 e. The van der Waals surface area contributed by atoms with E-state index in [1.165, 1.54) is 11.3 Å². The van der Waals surface area contributed by atoms with Gasteiger partial charge in [-0.05, 0) is 49.9 Å². The van der Waals surface area contributed by atoms with Crippen LogP contribution < -0.4 is 21.7 Å². The molecule has 3 aromatic heterocycles. The molecule has 1 amide bonds. The minimum Gasteiger partial charge on any atom is -0.397 e. The number of nitrogens with one attached hydrogen (secondary N) is 1. The van der Waals surface area contributed by atoms with Crippen LogP contribution in [-0.4, -0.2) is 47.0 Å². The number of nitrogen functional groups attached to an aromatic ring is 1. The standard InChI is InChI=1S/C23H26F2N6OS/c1-12-2-5-15-19(27)20(33-22(15)28-12)21(32)29-14-4-6-16-13(10-14)3-7-18(30-16)31-9-8-23(24,25)17(26)11-31/h2-3,5,7,14,17H,4,6,8-11,26-27H2,1H3,(H,29,32)/t14-,17-/m0/s1. The topological polar surface area (TPSA) is 110 Å². The zero-order valence-corrected chi connectivity index (χ0v) is 19.1. The van der Waals surface area contributed by atoms with E-state index in [1.807, 2.05) is 36.1 Å². The number of halogens is 2. The molecule has 1 fully saturated rings. The van der Waals surface area contributed by atoms with Crippen LogP contribution in [-0.2, 0) is 12.8 Å². The minimum absolute atomic E-state index is 0.0286. The Morgan fingerprint density at radius 3 is 2.88 bits per heavy atom. The van der Waals surface area contributed by atoms with Gasteiger partial charge in [0.1, 0.15) is 15.5 Å². The number of carbonyl (C=O) groups excluding carboxylic acids is 1. The molecule has 0 radical (unpaired) electrons. The summed E-state index contributed by atoms with van der Waals surface area (Å²) in [4.78, 5) is 25.2. The molecule has 5 N–H and O–H groups in total. The normalized spacial score (nSPS) is 22.2. The Kier molecular flexibility index (Phi) is 5.44.